The van der Waals surface area contributed by atoms with Gasteiger partial charge in [0.1, 0.15) is 28.1 Å². The molecule has 7 heteroatoms. The standard InChI is InChI=1S/C49H30N3O3.Pt/c1-29-13-5-6-16-33(29)31-27-39(35-22-23-43-45(48(35)53)36-18-8-10-20-42(36)54-43)50-40(28-31)38-26-32(25-37-34-17-7-9-19-41(34)55-49(37)38)46-47(30-14-3-2-4-15-30)52-24-12-11-21-44(52)51-46;/h2-25,27-28,53H,1H3;/q-1;. The molecule has 0 fully saturated rings. The van der Waals surface area contributed by atoms with Gasteiger partial charge in [0, 0.05) is 60.7 Å². The van der Waals surface area contributed by atoms with Gasteiger partial charge in [-0.25, -0.2) is 0 Å². The monoisotopic (exact) mass is 903 g/mol. The zero-order valence-electron chi connectivity index (χ0n) is 29.9. The molecule has 1 N–H and O–H groups in total. The summed E-state index contributed by atoms with van der Waals surface area (Å²) < 4.78 is 14.9. The van der Waals surface area contributed by atoms with E-state index >= 15 is 0 Å². The van der Waals surface area contributed by atoms with E-state index in [2.05, 4.69) is 59.9 Å². The SMILES string of the molecule is Cc1ccccc1-c1cc(-c2ccc3oc4ccccc4c3c2O)nc(-c2[c-]c(-c3nc4ccccn4c3-c3ccccc3)cc3c2oc2ccccc23)c1.[Pt]. The zero-order valence-corrected chi connectivity index (χ0v) is 32.2. The van der Waals surface area contributed by atoms with E-state index in [1.807, 2.05) is 115 Å². The zero-order chi connectivity index (χ0) is 36.6. The minimum Gasteiger partial charge on any atom is -0.506 e. The van der Waals surface area contributed by atoms with Crippen molar-refractivity contribution in [2.75, 3.05) is 0 Å². The van der Waals surface area contributed by atoms with Crippen LogP contribution in [0.1, 0.15) is 5.56 Å². The van der Waals surface area contributed by atoms with Crippen LogP contribution in [0.15, 0.2) is 167 Å². The molecule has 56 heavy (non-hydrogen) atoms. The summed E-state index contributed by atoms with van der Waals surface area (Å²) in [5, 5.41) is 15.4. The maximum Gasteiger partial charge on any atom is 0.139 e. The van der Waals surface area contributed by atoms with Gasteiger partial charge in [-0.2, -0.15) is 0 Å². The molecule has 6 aromatic carbocycles. The van der Waals surface area contributed by atoms with Crippen LogP contribution in [-0.4, -0.2) is 19.5 Å². The van der Waals surface area contributed by atoms with Gasteiger partial charge in [0.15, 0.2) is 0 Å². The molecule has 0 saturated carbocycles. The van der Waals surface area contributed by atoms with Gasteiger partial charge < -0.3 is 18.3 Å². The summed E-state index contributed by atoms with van der Waals surface area (Å²) in [4.78, 5) is 10.5. The molecule has 0 radical (unpaired) electrons. The van der Waals surface area contributed by atoms with Crippen molar-refractivity contribution in [1.82, 2.24) is 14.4 Å². The van der Waals surface area contributed by atoms with Gasteiger partial charge in [-0.15, -0.1) is 12.1 Å². The molecule has 0 amide bonds. The van der Waals surface area contributed by atoms with Crippen LogP contribution >= 0.6 is 0 Å². The summed E-state index contributed by atoms with van der Waals surface area (Å²) >= 11 is 0. The maximum absolute atomic E-state index is 12.0. The van der Waals surface area contributed by atoms with Crippen LogP contribution in [-0.2, 0) is 21.1 Å². The van der Waals surface area contributed by atoms with E-state index in [-0.39, 0.29) is 26.8 Å². The Kier molecular flexibility index (Phi) is 7.98. The number of hydrogen-bond acceptors (Lipinski definition) is 5. The number of phenolic OH excluding ortho intramolecular Hbond substituents is 1. The minimum atomic E-state index is 0. The number of aromatic hydroxyl groups is 1. The molecule has 0 aliphatic carbocycles. The first kappa shape index (κ1) is 33.8. The Hall–Kier alpha value is -6.75. The van der Waals surface area contributed by atoms with Crippen molar-refractivity contribution in [2.24, 2.45) is 0 Å². The maximum atomic E-state index is 12.0. The van der Waals surface area contributed by atoms with Gasteiger partial charge in [0.25, 0.3) is 0 Å². The molecule has 0 saturated heterocycles. The number of pyridine rings is 2. The topological polar surface area (TPSA) is 76.7 Å². The van der Waals surface area contributed by atoms with E-state index in [1.165, 1.54) is 0 Å². The number of benzene rings is 6. The normalized spacial score (nSPS) is 11.6. The van der Waals surface area contributed by atoms with Crippen LogP contribution in [0.3, 0.4) is 0 Å². The summed E-state index contributed by atoms with van der Waals surface area (Å²) in [6.45, 7) is 2.11. The minimum absolute atomic E-state index is 0. The van der Waals surface area contributed by atoms with Gasteiger partial charge in [-0.1, -0.05) is 114 Å². The van der Waals surface area contributed by atoms with Crippen molar-refractivity contribution in [3.8, 4) is 61.9 Å². The summed E-state index contributed by atoms with van der Waals surface area (Å²) in [5.41, 5.74) is 12.9. The molecule has 6 nitrogen and oxygen atoms in total. The van der Waals surface area contributed by atoms with Crippen molar-refractivity contribution in [3.63, 3.8) is 0 Å². The molecule has 0 atom stereocenters. The number of fused-ring (bicyclic) bond motifs is 7. The number of phenols is 1. The molecule has 0 bridgehead atoms. The second-order valence-electron chi connectivity index (χ2n) is 13.9. The van der Waals surface area contributed by atoms with Crippen molar-refractivity contribution < 1.29 is 35.0 Å². The number of para-hydroxylation sites is 2. The van der Waals surface area contributed by atoms with E-state index in [0.29, 0.717) is 44.7 Å². The molecule has 5 aromatic heterocycles. The molecule has 0 aliphatic heterocycles. The Labute approximate surface area is 335 Å². The first-order chi connectivity index (χ1) is 27.1. The molecule has 5 heterocycles. The Morgan fingerprint density at radius 1 is 0.589 bits per heavy atom. The van der Waals surface area contributed by atoms with Crippen LogP contribution in [0.5, 0.6) is 5.75 Å². The Balaban J connectivity index is 0.00000384. The van der Waals surface area contributed by atoms with E-state index in [1.54, 1.807) is 0 Å². The van der Waals surface area contributed by atoms with Gasteiger partial charge in [0.2, 0.25) is 0 Å². The number of hydrogen-bond donors (Lipinski definition) is 1. The smallest absolute Gasteiger partial charge is 0.139 e. The number of furan rings is 2. The predicted octanol–water partition coefficient (Wildman–Crippen LogP) is 12.7. The third-order valence-corrected chi connectivity index (χ3v) is 10.6. The quantitative estimate of drug-likeness (QED) is 0.174. The average Bonchev–Trinajstić information content (AvgIpc) is 3.93. The summed E-state index contributed by atoms with van der Waals surface area (Å²) in [6.07, 6.45) is 2.05. The summed E-state index contributed by atoms with van der Waals surface area (Å²) in [6, 6.07) is 54.4. The number of rotatable bonds is 5. The Morgan fingerprint density at radius 2 is 1.30 bits per heavy atom. The van der Waals surface area contributed by atoms with Crippen LogP contribution < -0.4 is 0 Å². The molecule has 0 aliphatic rings. The molecule has 11 aromatic rings. The number of aromatic nitrogens is 3. The third kappa shape index (κ3) is 5.29. The third-order valence-electron chi connectivity index (χ3n) is 10.6. The average molecular weight is 904 g/mol. The summed E-state index contributed by atoms with van der Waals surface area (Å²) in [7, 11) is 0. The molecule has 270 valence electrons. The van der Waals surface area contributed by atoms with E-state index in [4.69, 9.17) is 18.8 Å². The second-order valence-corrected chi connectivity index (χ2v) is 13.9. The van der Waals surface area contributed by atoms with E-state index in [0.717, 1.165) is 66.6 Å². The molecule has 0 unspecified atom stereocenters. The molecule has 0 spiro atoms. The van der Waals surface area contributed by atoms with Gasteiger partial charge in [-0.3, -0.25) is 9.97 Å². The van der Waals surface area contributed by atoms with Gasteiger partial charge in [-0.05, 0) is 77.0 Å². The fourth-order valence-electron chi connectivity index (χ4n) is 7.98. The molecular weight excluding hydrogens is 874 g/mol. The fourth-order valence-corrected chi connectivity index (χ4v) is 7.98. The van der Waals surface area contributed by atoms with Crippen molar-refractivity contribution in [1.29, 1.82) is 0 Å². The number of aryl methyl sites for hydroxylation is 1. The summed E-state index contributed by atoms with van der Waals surface area (Å²) in [5.74, 6) is 0.117. The number of nitrogens with zero attached hydrogens (tertiary/aromatic N) is 3. The fraction of sp³-hybridized carbons (Fsp3) is 0.0204. The largest absolute Gasteiger partial charge is 0.506 e. The van der Waals surface area contributed by atoms with Gasteiger partial charge >= 0.3 is 0 Å². The van der Waals surface area contributed by atoms with Crippen molar-refractivity contribution >= 4 is 49.5 Å². The predicted molar refractivity (Wildman–Crippen MR) is 220 cm³/mol. The van der Waals surface area contributed by atoms with Crippen LogP contribution in [0.25, 0.3) is 106 Å². The second kappa shape index (κ2) is 13.2. The molecule has 11 rings (SSSR count). The first-order valence-corrected chi connectivity index (χ1v) is 18.2. The van der Waals surface area contributed by atoms with Crippen LogP contribution in [0.2, 0.25) is 0 Å². The molecular formula is C49H30N3O3Pt-. The van der Waals surface area contributed by atoms with Gasteiger partial charge in [0.05, 0.1) is 16.7 Å². The van der Waals surface area contributed by atoms with E-state index < -0.39 is 0 Å². The Bertz CT molecular complexity index is 3300. The first-order valence-electron chi connectivity index (χ1n) is 18.2. The van der Waals surface area contributed by atoms with Crippen LogP contribution in [0.4, 0.5) is 0 Å². The van der Waals surface area contributed by atoms with Crippen molar-refractivity contribution in [3.05, 3.63) is 169 Å². The van der Waals surface area contributed by atoms with E-state index in [9.17, 15) is 5.11 Å². The number of imidazole rings is 1. The Morgan fingerprint density at radius 3 is 2.14 bits per heavy atom. The van der Waals surface area contributed by atoms with Crippen molar-refractivity contribution in [2.45, 2.75) is 6.92 Å². The van der Waals surface area contributed by atoms with Crippen LogP contribution in [0, 0.1) is 13.0 Å².